The highest BCUT2D eigenvalue weighted by Gasteiger charge is 2.23. The van der Waals surface area contributed by atoms with Crippen LogP contribution in [0.3, 0.4) is 0 Å². The summed E-state index contributed by atoms with van der Waals surface area (Å²) in [6, 6.07) is 7.91. The Bertz CT molecular complexity index is 1270. The fourth-order valence-electron chi connectivity index (χ4n) is 4.07. The fraction of sp³-hybridized carbons (Fsp3) is 0.455. The highest BCUT2D eigenvalue weighted by Crippen LogP contribution is 2.23. The molecule has 1 unspecified atom stereocenters. The maximum Gasteiger partial charge on any atom is 0.279 e. The Morgan fingerprint density at radius 2 is 1.97 bits per heavy atom. The van der Waals surface area contributed by atoms with E-state index in [1.165, 1.54) is 0 Å². The molecule has 1 saturated heterocycles. The Morgan fingerprint density at radius 3 is 2.67 bits per heavy atom. The van der Waals surface area contributed by atoms with Crippen molar-refractivity contribution in [3.8, 4) is 5.82 Å². The van der Waals surface area contributed by atoms with Crippen molar-refractivity contribution < 1.29 is 4.74 Å². The average molecular weight is 406 g/mol. The highest BCUT2D eigenvalue weighted by molar-refractivity contribution is 5.80. The maximum absolute atomic E-state index is 13.7. The molecule has 8 nitrogen and oxygen atoms in total. The third-order valence-electron chi connectivity index (χ3n) is 5.77. The van der Waals surface area contributed by atoms with E-state index in [1.807, 2.05) is 39.4 Å². The van der Waals surface area contributed by atoms with E-state index in [2.05, 4.69) is 36.1 Å². The molecule has 3 aromatic heterocycles. The van der Waals surface area contributed by atoms with E-state index in [0.717, 1.165) is 42.6 Å². The van der Waals surface area contributed by atoms with E-state index in [0.29, 0.717) is 17.9 Å². The number of ether oxygens (including phenoxy) is 1. The van der Waals surface area contributed by atoms with Crippen LogP contribution in [0.15, 0.2) is 41.6 Å². The number of fused-ring (bicyclic) bond motifs is 3. The quantitative estimate of drug-likeness (QED) is 0.522. The Balaban J connectivity index is 1.71. The first-order valence-electron chi connectivity index (χ1n) is 10.5. The lowest BCUT2D eigenvalue weighted by Gasteiger charge is -2.24. The molecule has 0 amide bonds. The van der Waals surface area contributed by atoms with Gasteiger partial charge in [-0.15, -0.1) is 5.10 Å². The molecule has 156 valence electrons. The molecular weight excluding hydrogens is 380 g/mol. The van der Waals surface area contributed by atoms with Crippen molar-refractivity contribution >= 4 is 16.6 Å². The molecule has 1 aliphatic rings. The van der Waals surface area contributed by atoms with E-state index in [4.69, 9.17) is 4.74 Å². The van der Waals surface area contributed by atoms with E-state index < -0.39 is 0 Å². The van der Waals surface area contributed by atoms with Crippen molar-refractivity contribution in [1.29, 1.82) is 0 Å². The van der Waals surface area contributed by atoms with E-state index >= 15 is 0 Å². The molecular formula is C22H26N6O2. The summed E-state index contributed by atoms with van der Waals surface area (Å²) < 4.78 is 11.2. The summed E-state index contributed by atoms with van der Waals surface area (Å²) in [6.07, 6.45) is 6.77. The smallest absolute Gasteiger partial charge is 0.279 e. The third-order valence-corrected chi connectivity index (χ3v) is 5.77. The van der Waals surface area contributed by atoms with Crippen LogP contribution in [0.5, 0.6) is 0 Å². The summed E-state index contributed by atoms with van der Waals surface area (Å²) >= 11 is 0. The Hall–Kier alpha value is -3.00. The van der Waals surface area contributed by atoms with Crippen LogP contribution in [0.1, 0.15) is 45.7 Å². The minimum atomic E-state index is -0.140. The van der Waals surface area contributed by atoms with Crippen LogP contribution in [0.2, 0.25) is 0 Å². The van der Waals surface area contributed by atoms with Gasteiger partial charge in [0, 0.05) is 12.0 Å². The molecule has 5 rings (SSSR count). The van der Waals surface area contributed by atoms with E-state index in [9.17, 15) is 4.79 Å². The first-order chi connectivity index (χ1) is 14.4. The van der Waals surface area contributed by atoms with Gasteiger partial charge >= 0.3 is 0 Å². The summed E-state index contributed by atoms with van der Waals surface area (Å²) in [5.41, 5.74) is 2.91. The molecule has 4 heterocycles. The minimum Gasteiger partial charge on any atom is -0.376 e. The van der Waals surface area contributed by atoms with Gasteiger partial charge in [0.2, 0.25) is 0 Å². The van der Waals surface area contributed by atoms with Crippen molar-refractivity contribution in [3.63, 3.8) is 0 Å². The Morgan fingerprint density at radius 1 is 1.17 bits per heavy atom. The number of imidazole rings is 1. The Labute approximate surface area is 174 Å². The second kappa shape index (κ2) is 7.05. The van der Waals surface area contributed by atoms with Crippen molar-refractivity contribution in [2.75, 3.05) is 6.61 Å². The second-order valence-electron chi connectivity index (χ2n) is 8.98. The van der Waals surface area contributed by atoms with Crippen molar-refractivity contribution in [3.05, 3.63) is 52.8 Å². The molecule has 0 spiro atoms. The summed E-state index contributed by atoms with van der Waals surface area (Å²) in [7, 11) is 0. The molecule has 0 radical (unpaired) electrons. The van der Waals surface area contributed by atoms with Crippen molar-refractivity contribution in [1.82, 2.24) is 28.9 Å². The molecule has 30 heavy (non-hydrogen) atoms. The lowest BCUT2D eigenvalue weighted by atomic mass is 9.93. The number of hydrogen-bond acceptors (Lipinski definition) is 5. The van der Waals surface area contributed by atoms with E-state index in [-0.39, 0.29) is 17.1 Å². The molecule has 1 aromatic carbocycles. The third kappa shape index (κ3) is 3.11. The van der Waals surface area contributed by atoms with Gasteiger partial charge in [-0.1, -0.05) is 38.1 Å². The van der Waals surface area contributed by atoms with Crippen molar-refractivity contribution in [2.24, 2.45) is 0 Å². The average Bonchev–Trinajstić information content (AvgIpc) is 3.39. The monoisotopic (exact) mass is 406 g/mol. The maximum atomic E-state index is 13.7. The molecule has 1 atom stereocenters. The topological polar surface area (TPSA) is 79.2 Å². The second-order valence-corrected chi connectivity index (χ2v) is 8.98. The lowest BCUT2D eigenvalue weighted by Crippen LogP contribution is -2.32. The van der Waals surface area contributed by atoms with Gasteiger partial charge in [0.05, 0.1) is 35.6 Å². The van der Waals surface area contributed by atoms with Gasteiger partial charge in [-0.25, -0.2) is 4.98 Å². The molecule has 0 bridgehead atoms. The minimum absolute atomic E-state index is 0.0486. The number of aromatic nitrogens is 6. The van der Waals surface area contributed by atoms with Crippen LogP contribution < -0.4 is 5.56 Å². The van der Waals surface area contributed by atoms with Gasteiger partial charge in [0.15, 0.2) is 11.3 Å². The number of hydrogen-bond donors (Lipinski definition) is 0. The van der Waals surface area contributed by atoms with Gasteiger partial charge in [-0.3, -0.25) is 9.20 Å². The van der Waals surface area contributed by atoms with Gasteiger partial charge in [-0.2, -0.15) is 4.68 Å². The zero-order valence-electron chi connectivity index (χ0n) is 17.6. The van der Waals surface area contributed by atoms with E-state index in [1.54, 1.807) is 11.0 Å². The van der Waals surface area contributed by atoms with Gasteiger partial charge < -0.3 is 9.30 Å². The number of rotatable bonds is 3. The fourth-order valence-corrected chi connectivity index (χ4v) is 4.07. The summed E-state index contributed by atoms with van der Waals surface area (Å²) in [5, 5.41) is 8.55. The zero-order chi connectivity index (χ0) is 20.9. The van der Waals surface area contributed by atoms with Crippen LogP contribution >= 0.6 is 0 Å². The molecule has 8 heteroatoms. The van der Waals surface area contributed by atoms with Gasteiger partial charge in [0.25, 0.3) is 5.56 Å². The molecule has 0 N–H and O–H groups in total. The number of para-hydroxylation sites is 2. The number of nitrogens with zero attached hydrogens (tertiary/aromatic N) is 6. The molecule has 4 aromatic rings. The van der Waals surface area contributed by atoms with Crippen molar-refractivity contribution in [2.45, 2.75) is 58.1 Å². The predicted molar refractivity (Wildman–Crippen MR) is 114 cm³/mol. The van der Waals surface area contributed by atoms with Gasteiger partial charge in [0.1, 0.15) is 6.33 Å². The van der Waals surface area contributed by atoms with Crippen LogP contribution in [-0.2, 0) is 16.7 Å². The van der Waals surface area contributed by atoms with Gasteiger partial charge in [-0.05, 0) is 31.4 Å². The highest BCUT2D eigenvalue weighted by atomic mass is 16.5. The van der Waals surface area contributed by atoms with Crippen LogP contribution in [0.4, 0.5) is 0 Å². The summed E-state index contributed by atoms with van der Waals surface area (Å²) in [5.74, 6) is 0.493. The normalized spacial score (nSPS) is 17.8. The molecule has 0 saturated carbocycles. The Kier molecular flexibility index (Phi) is 4.47. The number of benzene rings is 1. The molecule has 0 aliphatic carbocycles. The van der Waals surface area contributed by atoms with Crippen LogP contribution in [0, 0.1) is 0 Å². The zero-order valence-corrected chi connectivity index (χ0v) is 17.6. The predicted octanol–water partition coefficient (Wildman–Crippen LogP) is 3.10. The summed E-state index contributed by atoms with van der Waals surface area (Å²) in [6.45, 7) is 7.53. The SMILES string of the molecule is CC(C)(C)c1cn(-c2ncn3c2c(=O)n(CC2CCCCO2)c2ccccc23)nn1. The van der Waals surface area contributed by atoms with Crippen LogP contribution in [0.25, 0.3) is 22.4 Å². The molecule has 1 aliphatic heterocycles. The lowest BCUT2D eigenvalue weighted by molar-refractivity contribution is 0.00619. The first kappa shape index (κ1) is 19.0. The first-order valence-corrected chi connectivity index (χ1v) is 10.5. The molecule has 1 fully saturated rings. The van der Waals surface area contributed by atoms with Crippen LogP contribution in [-0.4, -0.2) is 41.7 Å². The largest absolute Gasteiger partial charge is 0.376 e. The standard InChI is InChI=1S/C22H26N6O2/c1-22(2,3)18-13-28(25-24-18)20-19-21(29)26(12-15-8-6-7-11-30-15)16-9-4-5-10-17(16)27(19)14-23-20/h4-5,9-10,13-15H,6-8,11-12H2,1-3H3. The summed E-state index contributed by atoms with van der Waals surface area (Å²) in [4.78, 5) is 18.2.